The lowest BCUT2D eigenvalue weighted by atomic mass is 9.84. The molecule has 8 aromatic carbocycles. The number of aliphatic imine (C=N–C) groups is 2. The molecule has 0 spiro atoms. The van der Waals surface area contributed by atoms with Crippen molar-refractivity contribution in [2.45, 2.75) is 12.3 Å². The highest BCUT2D eigenvalue weighted by molar-refractivity contribution is 6.19. The minimum atomic E-state index is -0.0411. The van der Waals surface area contributed by atoms with Crippen LogP contribution in [0.15, 0.2) is 192 Å². The molecule has 2 heterocycles. The SMILES string of the molecule is C1=C2N=C(c3ccc4ccccc4c3)N=C(c3ccc4c(ccc5ccccc54)c3)C(C1)c1ccccc1N(c1ccccc1)c1ccccc12. The maximum atomic E-state index is 5.65. The molecule has 10 rings (SSSR count). The van der Waals surface area contributed by atoms with Gasteiger partial charge < -0.3 is 4.90 Å². The van der Waals surface area contributed by atoms with Gasteiger partial charge in [0.15, 0.2) is 5.84 Å². The first kappa shape index (κ1) is 29.3. The molecule has 0 aliphatic carbocycles. The highest BCUT2D eigenvalue weighted by atomic mass is 15.2. The molecule has 2 bridgehead atoms. The molecule has 0 radical (unpaired) electrons. The van der Waals surface area contributed by atoms with E-state index in [1.807, 2.05) is 0 Å². The van der Waals surface area contributed by atoms with Crippen LogP contribution in [-0.2, 0) is 0 Å². The van der Waals surface area contributed by atoms with E-state index in [0.717, 1.165) is 51.6 Å². The minimum absolute atomic E-state index is 0.0411. The molecule has 0 saturated heterocycles. The first-order chi connectivity index (χ1) is 25.3. The van der Waals surface area contributed by atoms with Crippen LogP contribution in [0.3, 0.4) is 0 Å². The summed E-state index contributed by atoms with van der Waals surface area (Å²) in [7, 11) is 0. The van der Waals surface area contributed by atoms with Gasteiger partial charge in [-0.15, -0.1) is 0 Å². The van der Waals surface area contributed by atoms with Gasteiger partial charge in [-0.05, 0) is 86.3 Å². The third-order valence-electron chi connectivity index (χ3n) is 10.4. The van der Waals surface area contributed by atoms with Gasteiger partial charge in [-0.3, -0.25) is 0 Å². The van der Waals surface area contributed by atoms with E-state index in [2.05, 4.69) is 187 Å². The van der Waals surface area contributed by atoms with Gasteiger partial charge in [0.1, 0.15) is 0 Å². The fraction of sp³-hybridized carbons (Fsp3) is 0.0417. The van der Waals surface area contributed by atoms with Crippen molar-refractivity contribution in [2.24, 2.45) is 9.98 Å². The lowest BCUT2D eigenvalue weighted by Gasteiger charge is -2.30. The Kier molecular flexibility index (Phi) is 6.95. The van der Waals surface area contributed by atoms with E-state index in [1.54, 1.807) is 0 Å². The summed E-state index contributed by atoms with van der Waals surface area (Å²) in [5, 5.41) is 7.32. The fourth-order valence-electron chi connectivity index (χ4n) is 7.91. The number of nitrogens with zero attached hydrogens (tertiary/aromatic N) is 3. The van der Waals surface area contributed by atoms with Gasteiger partial charge in [-0.25, -0.2) is 9.98 Å². The van der Waals surface area contributed by atoms with Crippen molar-refractivity contribution in [3.8, 4) is 0 Å². The molecule has 8 aromatic rings. The van der Waals surface area contributed by atoms with Crippen molar-refractivity contribution in [2.75, 3.05) is 4.90 Å². The van der Waals surface area contributed by atoms with Crippen LogP contribution in [0.25, 0.3) is 38.0 Å². The van der Waals surface area contributed by atoms with Gasteiger partial charge in [-0.2, -0.15) is 0 Å². The third kappa shape index (κ3) is 5.05. The van der Waals surface area contributed by atoms with Gasteiger partial charge in [0.25, 0.3) is 0 Å². The van der Waals surface area contributed by atoms with Gasteiger partial charge in [0, 0.05) is 22.7 Å². The van der Waals surface area contributed by atoms with Crippen LogP contribution in [0, 0.1) is 0 Å². The maximum Gasteiger partial charge on any atom is 0.160 e. The van der Waals surface area contributed by atoms with Gasteiger partial charge in [0.05, 0.1) is 22.8 Å². The molecule has 0 aromatic heterocycles. The zero-order valence-electron chi connectivity index (χ0n) is 27.9. The summed E-state index contributed by atoms with van der Waals surface area (Å²) in [6.45, 7) is 0. The van der Waals surface area contributed by atoms with Crippen LogP contribution in [0.4, 0.5) is 17.1 Å². The Labute approximate surface area is 297 Å². The molecule has 0 N–H and O–H groups in total. The number of hydrogen-bond donors (Lipinski definition) is 0. The average Bonchev–Trinajstić information content (AvgIpc) is 3.23. The zero-order chi connectivity index (χ0) is 33.7. The maximum absolute atomic E-state index is 5.65. The van der Waals surface area contributed by atoms with E-state index in [1.165, 1.54) is 37.9 Å². The van der Waals surface area contributed by atoms with E-state index >= 15 is 0 Å². The summed E-state index contributed by atoms with van der Waals surface area (Å²) in [6.07, 6.45) is 3.09. The van der Waals surface area contributed by atoms with E-state index < -0.39 is 0 Å². The number of hydrogen-bond acceptors (Lipinski definition) is 3. The number of allylic oxidation sites excluding steroid dienone is 1. The number of anilines is 3. The molecule has 0 fully saturated rings. The first-order valence-electron chi connectivity index (χ1n) is 17.6. The van der Waals surface area contributed by atoms with E-state index in [9.17, 15) is 0 Å². The van der Waals surface area contributed by atoms with Crippen molar-refractivity contribution >= 4 is 66.6 Å². The summed E-state index contributed by atoms with van der Waals surface area (Å²) in [6, 6.07) is 63.2. The Balaban J connectivity index is 1.27. The number of rotatable bonds is 3. The molecule has 1 unspecified atom stereocenters. The van der Waals surface area contributed by atoms with Crippen LogP contribution in [0.1, 0.15) is 34.6 Å². The summed E-state index contributed by atoms with van der Waals surface area (Å²) >= 11 is 0. The highest BCUT2D eigenvalue weighted by Crippen LogP contribution is 2.46. The number of fused-ring (bicyclic) bond motifs is 10. The van der Waals surface area contributed by atoms with Crippen LogP contribution in [0.5, 0.6) is 0 Å². The van der Waals surface area contributed by atoms with Crippen molar-refractivity contribution in [3.63, 3.8) is 0 Å². The molecule has 240 valence electrons. The fourth-order valence-corrected chi connectivity index (χ4v) is 7.91. The molecular formula is C48H33N3. The lowest BCUT2D eigenvalue weighted by molar-refractivity contribution is 0.905. The van der Waals surface area contributed by atoms with Crippen molar-refractivity contribution in [1.29, 1.82) is 0 Å². The smallest absolute Gasteiger partial charge is 0.160 e. The van der Waals surface area contributed by atoms with E-state index in [-0.39, 0.29) is 5.92 Å². The second-order valence-corrected chi connectivity index (χ2v) is 13.3. The molecule has 0 amide bonds. The number of benzene rings is 8. The number of para-hydroxylation sites is 3. The average molecular weight is 652 g/mol. The van der Waals surface area contributed by atoms with Crippen LogP contribution >= 0.6 is 0 Å². The van der Waals surface area contributed by atoms with Gasteiger partial charge in [0.2, 0.25) is 0 Å². The summed E-state index contributed by atoms with van der Waals surface area (Å²) in [5.41, 5.74) is 9.68. The van der Waals surface area contributed by atoms with Crippen LogP contribution in [0.2, 0.25) is 0 Å². The number of amidine groups is 1. The second kappa shape index (κ2) is 12.1. The minimum Gasteiger partial charge on any atom is -0.310 e. The Morgan fingerprint density at radius 1 is 0.471 bits per heavy atom. The van der Waals surface area contributed by atoms with E-state index in [4.69, 9.17) is 9.98 Å². The Hall–Kier alpha value is -6.58. The Bertz CT molecular complexity index is 2740. The largest absolute Gasteiger partial charge is 0.310 e. The predicted octanol–water partition coefficient (Wildman–Crippen LogP) is 12.4. The van der Waals surface area contributed by atoms with E-state index in [0.29, 0.717) is 5.84 Å². The summed E-state index contributed by atoms with van der Waals surface area (Å²) in [4.78, 5) is 13.5. The Morgan fingerprint density at radius 3 is 2.02 bits per heavy atom. The third-order valence-corrected chi connectivity index (χ3v) is 10.4. The summed E-state index contributed by atoms with van der Waals surface area (Å²) in [5.74, 6) is 0.673. The zero-order valence-corrected chi connectivity index (χ0v) is 27.9. The topological polar surface area (TPSA) is 28.0 Å². The van der Waals surface area contributed by atoms with Gasteiger partial charge >= 0.3 is 0 Å². The van der Waals surface area contributed by atoms with Crippen LogP contribution in [-0.4, -0.2) is 11.5 Å². The molecule has 1 atom stereocenters. The monoisotopic (exact) mass is 651 g/mol. The summed E-state index contributed by atoms with van der Waals surface area (Å²) < 4.78 is 0. The Morgan fingerprint density at radius 2 is 1.12 bits per heavy atom. The predicted molar refractivity (Wildman–Crippen MR) is 215 cm³/mol. The lowest BCUT2D eigenvalue weighted by Crippen LogP contribution is -2.20. The first-order valence-corrected chi connectivity index (χ1v) is 17.6. The van der Waals surface area contributed by atoms with Crippen molar-refractivity contribution in [1.82, 2.24) is 0 Å². The molecule has 2 aliphatic rings. The quantitative estimate of drug-likeness (QED) is 0.175. The second-order valence-electron chi connectivity index (χ2n) is 13.3. The van der Waals surface area contributed by atoms with Crippen molar-refractivity contribution < 1.29 is 0 Å². The molecule has 51 heavy (non-hydrogen) atoms. The van der Waals surface area contributed by atoms with Gasteiger partial charge in [-0.1, -0.05) is 146 Å². The molecule has 0 saturated carbocycles. The highest BCUT2D eigenvalue weighted by Gasteiger charge is 2.30. The van der Waals surface area contributed by atoms with Crippen LogP contribution < -0.4 is 4.90 Å². The molecule has 2 aliphatic heterocycles. The standard InChI is InChI=1S/C48H33N3/c1-2-15-38(16-3-1)51-45-20-10-8-18-41(45)42-28-29-44(43-19-9-11-21-46(43)51)49-48(37-25-22-32-12-4-5-14-34(32)30-37)50-47(42)36-26-27-40-35(31-36)24-23-33-13-6-7-17-39(33)40/h1-27,29-31,42H,28H2. The van der Waals surface area contributed by atoms with Crippen molar-refractivity contribution in [3.05, 3.63) is 204 Å². The molecule has 3 nitrogen and oxygen atoms in total. The normalized spacial score (nSPS) is 15.5. The molecule has 3 heteroatoms. The molecular weight excluding hydrogens is 619 g/mol.